The van der Waals surface area contributed by atoms with Crippen molar-refractivity contribution in [2.24, 2.45) is 0 Å². The lowest BCUT2D eigenvalue weighted by atomic mass is 9.99. The molecule has 0 bridgehead atoms. The van der Waals surface area contributed by atoms with Crippen LogP contribution in [0.3, 0.4) is 0 Å². The van der Waals surface area contributed by atoms with Crippen LogP contribution in [0.25, 0.3) is 0 Å². The monoisotopic (exact) mass is 394 g/mol. The van der Waals surface area contributed by atoms with Crippen LogP contribution in [0.1, 0.15) is 44.1 Å². The van der Waals surface area contributed by atoms with E-state index >= 15 is 0 Å². The molecule has 4 rings (SSSR count). The van der Waals surface area contributed by atoms with Gasteiger partial charge in [-0.05, 0) is 29.2 Å². The van der Waals surface area contributed by atoms with Gasteiger partial charge < -0.3 is 4.57 Å². The van der Waals surface area contributed by atoms with E-state index in [1.165, 1.54) is 5.56 Å². The molecule has 0 saturated heterocycles. The average molecular weight is 394 g/mol. The number of imidazole rings is 1. The van der Waals surface area contributed by atoms with Gasteiger partial charge in [0.1, 0.15) is 0 Å². The molecule has 0 aliphatic carbocycles. The van der Waals surface area contributed by atoms with Gasteiger partial charge in [-0.2, -0.15) is 0 Å². The van der Waals surface area contributed by atoms with Gasteiger partial charge in [0.05, 0.1) is 6.42 Å². The fourth-order valence-electron chi connectivity index (χ4n) is 3.48. The average Bonchev–Trinajstić information content (AvgIpc) is 3.23. The molecule has 0 amide bonds. The number of ketones is 2. The van der Waals surface area contributed by atoms with Crippen molar-refractivity contribution in [2.75, 3.05) is 0 Å². The predicted molar refractivity (Wildman–Crippen MR) is 117 cm³/mol. The van der Waals surface area contributed by atoms with E-state index < -0.39 is 0 Å². The first kappa shape index (κ1) is 19.5. The van der Waals surface area contributed by atoms with Gasteiger partial charge in [-0.1, -0.05) is 78.9 Å². The second kappa shape index (κ2) is 9.14. The first-order valence-corrected chi connectivity index (χ1v) is 9.93. The molecule has 30 heavy (non-hydrogen) atoms. The normalized spacial score (nSPS) is 10.7. The molecule has 1 aromatic heterocycles. The summed E-state index contributed by atoms with van der Waals surface area (Å²) >= 11 is 0. The molecule has 0 unspecified atom stereocenters. The predicted octanol–water partition coefficient (Wildman–Crippen LogP) is 4.98. The number of hydrogen-bond acceptors (Lipinski definition) is 3. The third-order valence-electron chi connectivity index (χ3n) is 4.98. The van der Waals surface area contributed by atoms with E-state index in [0.717, 1.165) is 17.5 Å². The summed E-state index contributed by atoms with van der Waals surface area (Å²) in [5.74, 6) is -0.147. The number of nitrogens with zero attached hydrogens (tertiary/aromatic N) is 2. The Morgan fingerprint density at radius 3 is 2.13 bits per heavy atom. The summed E-state index contributed by atoms with van der Waals surface area (Å²) in [7, 11) is 0. The Balaban J connectivity index is 1.45. The van der Waals surface area contributed by atoms with Gasteiger partial charge in [-0.25, -0.2) is 4.98 Å². The van der Waals surface area contributed by atoms with E-state index in [2.05, 4.69) is 17.1 Å². The lowest BCUT2D eigenvalue weighted by molar-refractivity contribution is 0.0886. The molecule has 148 valence electrons. The Kier molecular flexibility index (Phi) is 5.95. The molecule has 3 aromatic carbocycles. The maximum absolute atomic E-state index is 12.8. The molecule has 0 radical (unpaired) electrons. The van der Waals surface area contributed by atoms with Crippen molar-refractivity contribution < 1.29 is 9.59 Å². The van der Waals surface area contributed by atoms with E-state index in [1.54, 1.807) is 23.0 Å². The third kappa shape index (κ3) is 4.78. The standard InChI is InChI=1S/C26H22N2O2/c29-24(23-13-7-12-22(17-23)16-20-8-3-1-4-9-20)18-25(30)26-27-14-15-28(26)19-21-10-5-2-6-11-21/h1-15,17H,16,18-19H2. The first-order valence-electron chi connectivity index (χ1n) is 9.93. The second-order valence-electron chi connectivity index (χ2n) is 7.25. The van der Waals surface area contributed by atoms with Crippen LogP contribution in [0.5, 0.6) is 0 Å². The molecule has 0 spiro atoms. The maximum Gasteiger partial charge on any atom is 0.205 e. The molecule has 0 saturated carbocycles. The molecule has 4 aromatic rings. The van der Waals surface area contributed by atoms with Crippen LogP contribution >= 0.6 is 0 Å². The molecule has 0 fully saturated rings. The van der Waals surface area contributed by atoms with Crippen molar-refractivity contribution >= 4 is 11.6 Å². The molecular weight excluding hydrogens is 372 g/mol. The fourth-order valence-corrected chi connectivity index (χ4v) is 3.48. The number of hydrogen-bond donors (Lipinski definition) is 0. The highest BCUT2D eigenvalue weighted by atomic mass is 16.1. The van der Waals surface area contributed by atoms with E-state index in [-0.39, 0.29) is 18.0 Å². The summed E-state index contributed by atoms with van der Waals surface area (Å²) in [5, 5.41) is 0. The lowest BCUT2D eigenvalue weighted by Gasteiger charge is -2.08. The zero-order chi connectivity index (χ0) is 20.8. The highest BCUT2D eigenvalue weighted by Crippen LogP contribution is 2.15. The minimum atomic E-state index is -0.269. The van der Waals surface area contributed by atoms with E-state index in [0.29, 0.717) is 17.9 Å². The number of carbonyl (C=O) groups excluding carboxylic acids is 2. The van der Waals surface area contributed by atoms with E-state index in [1.807, 2.05) is 66.7 Å². The fraction of sp³-hybridized carbons (Fsp3) is 0.115. The molecule has 0 aliphatic rings. The molecule has 0 aliphatic heterocycles. The number of benzene rings is 3. The summed E-state index contributed by atoms with van der Waals surface area (Å²) in [6, 6.07) is 27.5. The van der Waals surface area contributed by atoms with E-state index in [9.17, 15) is 9.59 Å². The van der Waals surface area contributed by atoms with Gasteiger partial charge in [-0.15, -0.1) is 0 Å². The second-order valence-corrected chi connectivity index (χ2v) is 7.25. The maximum atomic E-state index is 12.8. The lowest BCUT2D eigenvalue weighted by Crippen LogP contribution is -2.15. The van der Waals surface area contributed by atoms with Gasteiger partial charge in [0.2, 0.25) is 5.78 Å². The van der Waals surface area contributed by atoms with Crippen LogP contribution in [0.15, 0.2) is 97.3 Å². The van der Waals surface area contributed by atoms with Crippen molar-refractivity contribution in [2.45, 2.75) is 19.4 Å². The van der Waals surface area contributed by atoms with Crippen molar-refractivity contribution in [3.63, 3.8) is 0 Å². The molecule has 1 heterocycles. The van der Waals surface area contributed by atoms with Crippen LogP contribution < -0.4 is 0 Å². The Labute approximate surface area is 175 Å². The van der Waals surface area contributed by atoms with Crippen LogP contribution in [0.4, 0.5) is 0 Å². The Morgan fingerprint density at radius 1 is 0.733 bits per heavy atom. The Hall–Kier alpha value is -3.79. The van der Waals surface area contributed by atoms with Gasteiger partial charge in [0.25, 0.3) is 0 Å². The molecular formula is C26H22N2O2. The molecule has 4 nitrogen and oxygen atoms in total. The van der Waals surface area contributed by atoms with Crippen LogP contribution in [0, 0.1) is 0 Å². The minimum absolute atomic E-state index is 0.191. The number of Topliss-reactive ketones (excluding diaryl/α,β-unsaturated/α-hetero) is 2. The van der Waals surface area contributed by atoms with E-state index in [4.69, 9.17) is 0 Å². The number of rotatable bonds is 8. The third-order valence-corrected chi connectivity index (χ3v) is 4.98. The quantitative estimate of drug-likeness (QED) is 0.313. The van der Waals surface area contributed by atoms with Crippen molar-refractivity contribution in [3.8, 4) is 0 Å². The summed E-state index contributed by atoms with van der Waals surface area (Å²) in [5.41, 5.74) is 3.86. The van der Waals surface area contributed by atoms with Crippen LogP contribution in [0.2, 0.25) is 0 Å². The molecule has 0 N–H and O–H groups in total. The summed E-state index contributed by atoms with van der Waals surface area (Å²) in [4.78, 5) is 29.7. The van der Waals surface area contributed by atoms with Crippen molar-refractivity contribution in [1.82, 2.24) is 9.55 Å². The largest absolute Gasteiger partial charge is 0.324 e. The summed E-state index contributed by atoms with van der Waals surface area (Å²) < 4.78 is 1.79. The van der Waals surface area contributed by atoms with Gasteiger partial charge in [0, 0.05) is 24.5 Å². The van der Waals surface area contributed by atoms with Gasteiger partial charge in [0.15, 0.2) is 11.6 Å². The van der Waals surface area contributed by atoms with Crippen LogP contribution in [-0.4, -0.2) is 21.1 Å². The zero-order valence-corrected chi connectivity index (χ0v) is 16.6. The molecule has 0 atom stereocenters. The van der Waals surface area contributed by atoms with Crippen LogP contribution in [-0.2, 0) is 13.0 Å². The summed E-state index contributed by atoms with van der Waals surface area (Å²) in [6.07, 6.45) is 3.92. The zero-order valence-electron chi connectivity index (χ0n) is 16.6. The summed E-state index contributed by atoms with van der Waals surface area (Å²) in [6.45, 7) is 0.544. The van der Waals surface area contributed by atoms with Crippen molar-refractivity contribution in [1.29, 1.82) is 0 Å². The number of aromatic nitrogens is 2. The minimum Gasteiger partial charge on any atom is -0.324 e. The Morgan fingerprint density at radius 2 is 1.40 bits per heavy atom. The Bertz CT molecular complexity index is 1150. The first-order chi connectivity index (χ1) is 14.7. The topological polar surface area (TPSA) is 52.0 Å². The smallest absolute Gasteiger partial charge is 0.205 e. The number of carbonyl (C=O) groups is 2. The van der Waals surface area contributed by atoms with Gasteiger partial charge in [-0.3, -0.25) is 9.59 Å². The highest BCUT2D eigenvalue weighted by molar-refractivity contribution is 6.12. The molecule has 4 heteroatoms. The highest BCUT2D eigenvalue weighted by Gasteiger charge is 2.18. The SMILES string of the molecule is O=C(CC(=O)c1nccn1Cc1ccccc1)c1cccc(Cc2ccccc2)c1. The van der Waals surface area contributed by atoms with Gasteiger partial charge >= 0.3 is 0 Å². The van der Waals surface area contributed by atoms with Crippen molar-refractivity contribution in [3.05, 3.63) is 125 Å².